The van der Waals surface area contributed by atoms with Crippen molar-refractivity contribution in [2.24, 2.45) is 0 Å². The molecule has 2 aromatic carbocycles. The van der Waals surface area contributed by atoms with Crippen LogP contribution in [0.25, 0.3) is 0 Å². The normalized spacial score (nSPS) is 11.3. The SMILES string of the molecule is CCOc1ccc(CCNS(=O)(=O)c2cc(C)ccc2OC)cc1OCC. The van der Waals surface area contributed by atoms with Crippen LogP contribution >= 0.6 is 0 Å². The monoisotopic (exact) mass is 393 g/mol. The van der Waals surface area contributed by atoms with Crippen molar-refractivity contribution in [3.05, 3.63) is 47.5 Å². The maximum Gasteiger partial charge on any atom is 0.244 e. The van der Waals surface area contributed by atoms with Gasteiger partial charge in [-0.15, -0.1) is 0 Å². The van der Waals surface area contributed by atoms with Crippen LogP contribution in [0, 0.1) is 6.92 Å². The molecule has 0 amide bonds. The Morgan fingerprint density at radius 2 is 1.59 bits per heavy atom. The standard InChI is InChI=1S/C20H27NO5S/c1-5-25-17-10-8-16(14-19(17)26-6-2)11-12-21-27(22,23)20-13-15(3)7-9-18(20)24-4/h7-10,13-14,21H,5-6,11-12H2,1-4H3. The van der Waals surface area contributed by atoms with Gasteiger partial charge in [0.25, 0.3) is 0 Å². The molecule has 0 fully saturated rings. The van der Waals surface area contributed by atoms with Gasteiger partial charge in [-0.2, -0.15) is 0 Å². The van der Waals surface area contributed by atoms with Gasteiger partial charge < -0.3 is 14.2 Å². The van der Waals surface area contributed by atoms with Crippen molar-refractivity contribution in [3.8, 4) is 17.2 Å². The molecule has 0 heterocycles. The summed E-state index contributed by atoms with van der Waals surface area (Å²) in [5.74, 6) is 1.68. The van der Waals surface area contributed by atoms with Crippen molar-refractivity contribution in [2.45, 2.75) is 32.1 Å². The van der Waals surface area contributed by atoms with Gasteiger partial charge in [-0.05, 0) is 62.6 Å². The molecule has 0 aliphatic carbocycles. The molecule has 2 aromatic rings. The fourth-order valence-electron chi connectivity index (χ4n) is 2.65. The van der Waals surface area contributed by atoms with E-state index in [1.165, 1.54) is 7.11 Å². The number of ether oxygens (including phenoxy) is 3. The lowest BCUT2D eigenvalue weighted by Crippen LogP contribution is -2.26. The van der Waals surface area contributed by atoms with E-state index in [-0.39, 0.29) is 11.4 Å². The van der Waals surface area contributed by atoms with Crippen LogP contribution in [0.15, 0.2) is 41.3 Å². The molecule has 0 spiro atoms. The van der Waals surface area contributed by atoms with Crippen LogP contribution < -0.4 is 18.9 Å². The molecule has 0 aliphatic rings. The van der Waals surface area contributed by atoms with Gasteiger partial charge in [0.05, 0.1) is 20.3 Å². The second-order valence-corrected chi connectivity index (χ2v) is 7.68. The molecule has 0 bridgehead atoms. The van der Waals surface area contributed by atoms with Gasteiger partial charge in [0.15, 0.2) is 11.5 Å². The lowest BCUT2D eigenvalue weighted by molar-refractivity contribution is 0.287. The lowest BCUT2D eigenvalue weighted by Gasteiger charge is -2.13. The number of methoxy groups -OCH3 is 1. The molecule has 2 rings (SSSR count). The van der Waals surface area contributed by atoms with Crippen molar-refractivity contribution in [1.29, 1.82) is 0 Å². The zero-order valence-electron chi connectivity index (χ0n) is 16.2. The second-order valence-electron chi connectivity index (χ2n) is 5.95. The first-order valence-corrected chi connectivity index (χ1v) is 10.4. The molecule has 0 aliphatic heterocycles. The summed E-state index contributed by atoms with van der Waals surface area (Å²) in [5, 5.41) is 0. The van der Waals surface area contributed by atoms with Crippen molar-refractivity contribution in [3.63, 3.8) is 0 Å². The molecule has 27 heavy (non-hydrogen) atoms. The minimum Gasteiger partial charge on any atom is -0.495 e. The third-order valence-corrected chi connectivity index (χ3v) is 5.40. The zero-order valence-corrected chi connectivity index (χ0v) is 17.1. The van der Waals surface area contributed by atoms with E-state index in [9.17, 15) is 8.42 Å². The number of benzene rings is 2. The molecule has 0 radical (unpaired) electrons. The third-order valence-electron chi connectivity index (χ3n) is 3.92. The Kier molecular flexibility index (Phi) is 7.50. The van der Waals surface area contributed by atoms with E-state index < -0.39 is 10.0 Å². The second kappa shape index (κ2) is 9.62. The van der Waals surface area contributed by atoms with Gasteiger partial charge in [-0.1, -0.05) is 12.1 Å². The fraction of sp³-hybridized carbons (Fsp3) is 0.400. The summed E-state index contributed by atoms with van der Waals surface area (Å²) < 4.78 is 44.2. The Bertz CT molecular complexity index is 865. The first-order chi connectivity index (χ1) is 12.9. The highest BCUT2D eigenvalue weighted by Crippen LogP contribution is 2.29. The smallest absolute Gasteiger partial charge is 0.244 e. The van der Waals surface area contributed by atoms with Gasteiger partial charge in [0.2, 0.25) is 10.0 Å². The van der Waals surface area contributed by atoms with Crippen LogP contribution in [0.4, 0.5) is 0 Å². The Labute approximate surface area is 161 Å². The Hall–Kier alpha value is -2.25. The third kappa shape index (κ3) is 5.61. The first-order valence-electron chi connectivity index (χ1n) is 8.94. The van der Waals surface area contributed by atoms with Crippen molar-refractivity contribution >= 4 is 10.0 Å². The minimum atomic E-state index is -3.66. The van der Waals surface area contributed by atoms with E-state index in [1.807, 2.05) is 45.0 Å². The molecule has 0 atom stereocenters. The van der Waals surface area contributed by atoms with Gasteiger partial charge >= 0.3 is 0 Å². The van der Waals surface area contributed by atoms with Gasteiger partial charge in [0, 0.05) is 6.54 Å². The maximum absolute atomic E-state index is 12.6. The number of hydrogen-bond acceptors (Lipinski definition) is 5. The van der Waals surface area contributed by atoms with Crippen LogP contribution in [0.1, 0.15) is 25.0 Å². The van der Waals surface area contributed by atoms with Gasteiger partial charge in [0.1, 0.15) is 10.6 Å². The lowest BCUT2D eigenvalue weighted by atomic mass is 10.1. The number of rotatable bonds is 10. The molecule has 0 aromatic heterocycles. The quantitative estimate of drug-likeness (QED) is 0.670. The summed E-state index contributed by atoms with van der Waals surface area (Å²) in [6.45, 7) is 7.01. The molecule has 7 heteroatoms. The van der Waals surface area contributed by atoms with Crippen LogP contribution in [0.3, 0.4) is 0 Å². The summed E-state index contributed by atoms with van der Waals surface area (Å²) in [7, 11) is -2.21. The number of hydrogen-bond donors (Lipinski definition) is 1. The maximum atomic E-state index is 12.6. The van der Waals surface area contributed by atoms with E-state index in [4.69, 9.17) is 14.2 Å². The number of sulfonamides is 1. The van der Waals surface area contributed by atoms with Crippen LogP contribution in [-0.4, -0.2) is 35.3 Å². The van der Waals surface area contributed by atoms with E-state index >= 15 is 0 Å². The van der Waals surface area contributed by atoms with Crippen LogP contribution in [0.2, 0.25) is 0 Å². The highest BCUT2D eigenvalue weighted by molar-refractivity contribution is 7.89. The first kappa shape index (κ1) is 21.1. The largest absolute Gasteiger partial charge is 0.495 e. The molecule has 0 saturated heterocycles. The number of nitrogens with one attached hydrogen (secondary N) is 1. The molecule has 1 N–H and O–H groups in total. The Morgan fingerprint density at radius 3 is 2.26 bits per heavy atom. The van der Waals surface area contributed by atoms with Gasteiger partial charge in [-0.3, -0.25) is 0 Å². The molecule has 0 unspecified atom stereocenters. The van der Waals surface area contributed by atoms with Crippen molar-refractivity contribution in [2.75, 3.05) is 26.9 Å². The predicted octanol–water partition coefficient (Wildman–Crippen LogP) is 3.32. The summed E-state index contributed by atoms with van der Waals surface area (Å²) in [5.41, 5.74) is 1.81. The van der Waals surface area contributed by atoms with Gasteiger partial charge in [-0.25, -0.2) is 13.1 Å². The molecule has 0 saturated carbocycles. The van der Waals surface area contributed by atoms with Crippen LogP contribution in [0.5, 0.6) is 17.2 Å². The minimum absolute atomic E-state index is 0.145. The van der Waals surface area contributed by atoms with Crippen LogP contribution in [-0.2, 0) is 16.4 Å². The molecule has 6 nitrogen and oxygen atoms in total. The van der Waals surface area contributed by atoms with E-state index in [2.05, 4.69) is 4.72 Å². The highest BCUT2D eigenvalue weighted by Gasteiger charge is 2.19. The van der Waals surface area contributed by atoms with E-state index in [0.717, 1.165) is 11.1 Å². The molecular formula is C20H27NO5S. The van der Waals surface area contributed by atoms with Crippen molar-refractivity contribution < 1.29 is 22.6 Å². The average molecular weight is 394 g/mol. The highest BCUT2D eigenvalue weighted by atomic mass is 32.2. The molecule has 148 valence electrons. The zero-order chi connectivity index (χ0) is 19.9. The molecular weight excluding hydrogens is 366 g/mol. The average Bonchev–Trinajstić information content (AvgIpc) is 2.64. The van der Waals surface area contributed by atoms with E-state index in [0.29, 0.717) is 36.9 Å². The topological polar surface area (TPSA) is 73.9 Å². The Morgan fingerprint density at radius 1 is 0.926 bits per heavy atom. The summed E-state index contributed by atoms with van der Waals surface area (Å²) >= 11 is 0. The number of aryl methyl sites for hydroxylation is 1. The fourth-order valence-corrected chi connectivity index (χ4v) is 3.94. The van der Waals surface area contributed by atoms with E-state index in [1.54, 1.807) is 12.1 Å². The Balaban J connectivity index is 2.09. The predicted molar refractivity (Wildman–Crippen MR) is 105 cm³/mol. The summed E-state index contributed by atoms with van der Waals surface area (Å²) in [6.07, 6.45) is 0.528. The van der Waals surface area contributed by atoms with Crippen molar-refractivity contribution in [1.82, 2.24) is 4.72 Å². The summed E-state index contributed by atoms with van der Waals surface area (Å²) in [4.78, 5) is 0.145. The summed E-state index contributed by atoms with van der Waals surface area (Å²) in [6, 6.07) is 10.7.